The minimum Gasteiger partial charge on any atom is -0.385 e. The highest BCUT2D eigenvalue weighted by molar-refractivity contribution is 7.99. The van der Waals surface area contributed by atoms with Gasteiger partial charge in [-0.1, -0.05) is 26.0 Å². The van der Waals surface area contributed by atoms with Crippen molar-refractivity contribution in [3.05, 3.63) is 29.8 Å². The lowest BCUT2D eigenvalue weighted by Crippen LogP contribution is -2.13. The lowest BCUT2D eigenvalue weighted by atomic mass is 9.97. The second kappa shape index (κ2) is 7.51. The van der Waals surface area contributed by atoms with Gasteiger partial charge < -0.3 is 4.74 Å². The van der Waals surface area contributed by atoms with E-state index in [9.17, 15) is 4.79 Å². The van der Waals surface area contributed by atoms with E-state index < -0.39 is 0 Å². The van der Waals surface area contributed by atoms with Gasteiger partial charge in [0.25, 0.3) is 0 Å². The summed E-state index contributed by atoms with van der Waals surface area (Å²) in [6, 6.07) is 7.88. The van der Waals surface area contributed by atoms with E-state index in [1.807, 2.05) is 31.2 Å². The second-order valence-corrected chi connectivity index (χ2v) is 5.34. The topological polar surface area (TPSA) is 26.3 Å². The molecule has 17 heavy (non-hydrogen) atoms. The van der Waals surface area contributed by atoms with Gasteiger partial charge in [-0.2, -0.15) is 0 Å². The average molecular weight is 252 g/mol. The van der Waals surface area contributed by atoms with Crippen LogP contribution in [-0.2, 0) is 4.74 Å². The first-order valence-corrected chi connectivity index (χ1v) is 6.93. The molecule has 0 bridgehead atoms. The molecule has 2 nitrogen and oxygen atoms in total. The number of Topliss-reactive ketones (excluding diaryl/α,β-unsaturated/α-hetero) is 1. The van der Waals surface area contributed by atoms with Crippen molar-refractivity contribution in [1.29, 1.82) is 0 Å². The highest BCUT2D eigenvalue weighted by atomic mass is 32.2. The molecule has 3 heteroatoms. The number of methoxy groups -OCH3 is 1. The van der Waals surface area contributed by atoms with Crippen LogP contribution in [0.5, 0.6) is 0 Å². The zero-order chi connectivity index (χ0) is 12.7. The molecule has 0 fully saturated rings. The Hall–Kier alpha value is -0.800. The monoisotopic (exact) mass is 252 g/mol. The van der Waals surface area contributed by atoms with Crippen LogP contribution < -0.4 is 0 Å². The van der Waals surface area contributed by atoms with Crippen LogP contribution in [0.2, 0.25) is 0 Å². The third-order valence-electron chi connectivity index (χ3n) is 2.65. The molecule has 0 N–H and O–H groups in total. The summed E-state index contributed by atoms with van der Waals surface area (Å²) in [5, 5.41) is 0. The van der Waals surface area contributed by atoms with E-state index in [1.54, 1.807) is 18.9 Å². The molecule has 1 atom stereocenters. The Balaban J connectivity index is 2.62. The Morgan fingerprint density at radius 2 is 2.00 bits per heavy atom. The van der Waals surface area contributed by atoms with Crippen molar-refractivity contribution in [2.45, 2.75) is 25.2 Å². The van der Waals surface area contributed by atoms with Gasteiger partial charge >= 0.3 is 0 Å². The van der Waals surface area contributed by atoms with Crippen molar-refractivity contribution in [2.75, 3.05) is 19.5 Å². The number of ether oxygens (including phenoxy) is 1. The van der Waals surface area contributed by atoms with Gasteiger partial charge in [0.2, 0.25) is 0 Å². The van der Waals surface area contributed by atoms with Crippen LogP contribution in [0.1, 0.15) is 30.6 Å². The molecule has 1 rings (SSSR count). The largest absolute Gasteiger partial charge is 0.385 e. The van der Waals surface area contributed by atoms with Crippen LogP contribution in [0.3, 0.4) is 0 Å². The first-order valence-electron chi connectivity index (χ1n) is 5.95. The Morgan fingerprint density at radius 1 is 1.35 bits per heavy atom. The van der Waals surface area contributed by atoms with Gasteiger partial charge in [-0.15, -0.1) is 11.8 Å². The standard InChI is InChI=1S/C14H20O2S/c1-4-17-13-7-5-12(6-8-13)14(15)11(2)9-10-16-3/h5-8,11H,4,9-10H2,1-3H3. The summed E-state index contributed by atoms with van der Waals surface area (Å²) in [6.45, 7) is 4.71. The zero-order valence-electron chi connectivity index (χ0n) is 10.7. The molecule has 0 saturated heterocycles. The van der Waals surface area contributed by atoms with Gasteiger partial charge in [0, 0.05) is 30.1 Å². The molecule has 0 aliphatic heterocycles. The smallest absolute Gasteiger partial charge is 0.165 e. The number of carbonyl (C=O) groups excluding carboxylic acids is 1. The number of thioether (sulfide) groups is 1. The Kier molecular flexibility index (Phi) is 6.30. The maximum atomic E-state index is 12.1. The van der Waals surface area contributed by atoms with E-state index in [-0.39, 0.29) is 11.7 Å². The molecule has 0 aliphatic rings. The molecular formula is C14H20O2S. The van der Waals surface area contributed by atoms with Crippen molar-refractivity contribution in [2.24, 2.45) is 5.92 Å². The Labute approximate surface area is 108 Å². The lowest BCUT2D eigenvalue weighted by Gasteiger charge is -2.10. The first kappa shape index (κ1) is 14.3. The van der Waals surface area contributed by atoms with E-state index in [1.165, 1.54) is 4.90 Å². The van der Waals surface area contributed by atoms with E-state index in [2.05, 4.69) is 6.92 Å². The van der Waals surface area contributed by atoms with E-state index in [0.29, 0.717) is 6.61 Å². The summed E-state index contributed by atoms with van der Waals surface area (Å²) in [4.78, 5) is 13.3. The third-order valence-corrected chi connectivity index (χ3v) is 3.55. The molecule has 1 aromatic carbocycles. The molecule has 1 unspecified atom stereocenters. The van der Waals surface area contributed by atoms with Crippen LogP contribution in [0.25, 0.3) is 0 Å². The number of carbonyl (C=O) groups is 1. The quantitative estimate of drug-likeness (QED) is 0.547. The minimum atomic E-state index is 0.0274. The predicted molar refractivity (Wildman–Crippen MR) is 72.8 cm³/mol. The summed E-state index contributed by atoms with van der Waals surface area (Å²) >= 11 is 1.79. The fraction of sp³-hybridized carbons (Fsp3) is 0.500. The van der Waals surface area contributed by atoms with E-state index >= 15 is 0 Å². The lowest BCUT2D eigenvalue weighted by molar-refractivity contribution is 0.0893. The van der Waals surface area contributed by atoms with Crippen molar-refractivity contribution in [3.63, 3.8) is 0 Å². The van der Waals surface area contributed by atoms with Gasteiger partial charge in [0.1, 0.15) is 0 Å². The first-order chi connectivity index (χ1) is 8.19. The van der Waals surface area contributed by atoms with Crippen molar-refractivity contribution in [1.82, 2.24) is 0 Å². The van der Waals surface area contributed by atoms with Crippen LogP contribution in [0.15, 0.2) is 29.2 Å². The zero-order valence-corrected chi connectivity index (χ0v) is 11.5. The van der Waals surface area contributed by atoms with Crippen LogP contribution in [0.4, 0.5) is 0 Å². The SMILES string of the molecule is CCSc1ccc(C(=O)C(C)CCOC)cc1. The van der Waals surface area contributed by atoms with Gasteiger partial charge in [0.05, 0.1) is 0 Å². The molecule has 0 aromatic heterocycles. The van der Waals surface area contributed by atoms with Gasteiger partial charge in [0.15, 0.2) is 5.78 Å². The maximum Gasteiger partial charge on any atom is 0.165 e. The van der Waals surface area contributed by atoms with E-state index in [0.717, 1.165) is 17.7 Å². The second-order valence-electron chi connectivity index (χ2n) is 4.00. The normalized spacial score (nSPS) is 12.4. The van der Waals surface area contributed by atoms with Gasteiger partial charge in [-0.05, 0) is 24.3 Å². The predicted octanol–water partition coefficient (Wildman–Crippen LogP) is 3.65. The van der Waals surface area contributed by atoms with Crippen molar-refractivity contribution >= 4 is 17.5 Å². The van der Waals surface area contributed by atoms with Crippen LogP contribution in [0, 0.1) is 5.92 Å². The number of hydrogen-bond acceptors (Lipinski definition) is 3. The number of ketones is 1. The van der Waals surface area contributed by atoms with Gasteiger partial charge in [-0.25, -0.2) is 0 Å². The molecule has 0 radical (unpaired) electrons. The van der Waals surface area contributed by atoms with Crippen molar-refractivity contribution in [3.8, 4) is 0 Å². The summed E-state index contributed by atoms with van der Waals surface area (Å²) < 4.78 is 4.99. The minimum absolute atomic E-state index is 0.0274. The van der Waals surface area contributed by atoms with Crippen molar-refractivity contribution < 1.29 is 9.53 Å². The molecule has 94 valence electrons. The molecule has 0 saturated carbocycles. The summed E-state index contributed by atoms with van der Waals surface area (Å²) in [6.07, 6.45) is 0.779. The molecular weight excluding hydrogens is 232 g/mol. The number of rotatable bonds is 7. The maximum absolute atomic E-state index is 12.1. The average Bonchev–Trinajstić information content (AvgIpc) is 2.36. The number of benzene rings is 1. The third kappa shape index (κ3) is 4.52. The van der Waals surface area contributed by atoms with E-state index in [4.69, 9.17) is 4.74 Å². The fourth-order valence-corrected chi connectivity index (χ4v) is 2.25. The highest BCUT2D eigenvalue weighted by Crippen LogP contribution is 2.19. The number of hydrogen-bond donors (Lipinski definition) is 0. The van der Waals surface area contributed by atoms with Crippen LogP contribution >= 0.6 is 11.8 Å². The molecule has 0 heterocycles. The van der Waals surface area contributed by atoms with Gasteiger partial charge in [-0.3, -0.25) is 4.79 Å². The summed E-state index contributed by atoms with van der Waals surface area (Å²) in [5.74, 6) is 1.28. The highest BCUT2D eigenvalue weighted by Gasteiger charge is 2.14. The summed E-state index contributed by atoms with van der Waals surface area (Å²) in [5.41, 5.74) is 0.800. The molecule has 0 amide bonds. The molecule has 0 aliphatic carbocycles. The summed E-state index contributed by atoms with van der Waals surface area (Å²) in [7, 11) is 1.66. The Bertz CT molecular complexity index is 346. The molecule has 0 spiro atoms. The van der Waals surface area contributed by atoms with Crippen LogP contribution in [-0.4, -0.2) is 25.3 Å². The Morgan fingerprint density at radius 3 is 2.53 bits per heavy atom. The molecule has 1 aromatic rings. The fourth-order valence-electron chi connectivity index (χ4n) is 1.59.